The Balaban J connectivity index is 2.15. The largest absolute Gasteiger partial charge is 0.455 e. The van der Waals surface area contributed by atoms with Gasteiger partial charge in [0.25, 0.3) is 5.56 Å². The molecule has 0 N–H and O–H groups in total. The predicted molar refractivity (Wildman–Crippen MR) is 90.7 cm³/mol. The van der Waals surface area contributed by atoms with E-state index in [1.807, 2.05) is 36.4 Å². The smallest absolute Gasteiger partial charge is 0.280 e. The summed E-state index contributed by atoms with van der Waals surface area (Å²) in [5.74, 6) is 0.500. The van der Waals surface area contributed by atoms with Crippen molar-refractivity contribution in [3.05, 3.63) is 70.8 Å². The van der Waals surface area contributed by atoms with E-state index in [0.29, 0.717) is 27.6 Å². The minimum absolute atomic E-state index is 0.200. The Morgan fingerprint density at radius 1 is 1.13 bits per heavy atom. The highest BCUT2D eigenvalue weighted by atomic mass is 35.5. The molecule has 4 rings (SSSR count). The Morgan fingerprint density at radius 3 is 2.61 bits per heavy atom. The molecule has 0 fully saturated rings. The average molecular weight is 324 g/mol. The van der Waals surface area contributed by atoms with Crippen LogP contribution in [-0.2, 0) is 6.54 Å². The first-order valence-corrected chi connectivity index (χ1v) is 7.54. The highest BCUT2D eigenvalue weighted by Gasteiger charge is 2.24. The molecule has 2 aliphatic rings. The van der Waals surface area contributed by atoms with Crippen LogP contribution in [-0.4, -0.2) is 9.78 Å². The number of para-hydroxylation sites is 1. The predicted octanol–water partition coefficient (Wildman–Crippen LogP) is 4.25. The van der Waals surface area contributed by atoms with Crippen LogP contribution < -0.4 is 5.56 Å². The second-order valence-corrected chi connectivity index (χ2v) is 5.62. The van der Waals surface area contributed by atoms with Crippen LogP contribution in [0.4, 0.5) is 0 Å². The van der Waals surface area contributed by atoms with Gasteiger partial charge >= 0.3 is 0 Å². The molecule has 0 bridgehead atoms. The van der Waals surface area contributed by atoms with Crippen LogP contribution in [0.25, 0.3) is 33.6 Å². The van der Waals surface area contributed by atoms with Gasteiger partial charge in [-0.25, -0.2) is 4.68 Å². The molecular formula is C18H12ClN2O2. The van der Waals surface area contributed by atoms with Crippen LogP contribution in [0.5, 0.6) is 0 Å². The van der Waals surface area contributed by atoms with Crippen LogP contribution in [0, 0.1) is 6.92 Å². The van der Waals surface area contributed by atoms with Gasteiger partial charge in [-0.15, -0.1) is 0 Å². The zero-order valence-electron chi connectivity index (χ0n) is 12.1. The Kier molecular flexibility index (Phi) is 3.20. The van der Waals surface area contributed by atoms with Crippen molar-refractivity contribution < 1.29 is 4.42 Å². The number of halogens is 1. The fourth-order valence-electron chi connectivity index (χ4n) is 2.71. The lowest BCUT2D eigenvalue weighted by Gasteiger charge is -2.08. The molecular weight excluding hydrogens is 312 g/mol. The van der Waals surface area contributed by atoms with Crippen LogP contribution in [0.3, 0.4) is 0 Å². The van der Waals surface area contributed by atoms with Gasteiger partial charge in [0.2, 0.25) is 0 Å². The lowest BCUT2D eigenvalue weighted by atomic mass is 10.0. The fourth-order valence-corrected chi connectivity index (χ4v) is 2.83. The number of fused-ring (bicyclic) bond motifs is 3. The summed E-state index contributed by atoms with van der Waals surface area (Å²) in [7, 11) is 0. The van der Waals surface area contributed by atoms with Gasteiger partial charge in [-0.2, -0.15) is 5.10 Å². The Bertz CT molecular complexity index is 1030. The summed E-state index contributed by atoms with van der Waals surface area (Å²) in [6, 6.07) is 14.7. The highest BCUT2D eigenvalue weighted by Crippen LogP contribution is 2.36. The zero-order valence-corrected chi connectivity index (χ0v) is 12.9. The van der Waals surface area contributed by atoms with Crippen LogP contribution >= 0.6 is 11.6 Å². The van der Waals surface area contributed by atoms with Gasteiger partial charge in [-0.05, 0) is 43.3 Å². The van der Waals surface area contributed by atoms with Gasteiger partial charge < -0.3 is 4.42 Å². The van der Waals surface area contributed by atoms with E-state index in [4.69, 9.17) is 16.0 Å². The van der Waals surface area contributed by atoms with Crippen molar-refractivity contribution in [3.63, 3.8) is 0 Å². The first kappa shape index (κ1) is 14.0. The van der Waals surface area contributed by atoms with Crippen molar-refractivity contribution in [2.75, 3.05) is 0 Å². The van der Waals surface area contributed by atoms with E-state index >= 15 is 0 Å². The minimum atomic E-state index is -0.200. The van der Waals surface area contributed by atoms with Crippen molar-refractivity contribution in [1.82, 2.24) is 9.78 Å². The highest BCUT2D eigenvalue weighted by molar-refractivity contribution is 6.30. The molecule has 0 saturated carbocycles. The second kappa shape index (κ2) is 5.25. The van der Waals surface area contributed by atoms with Gasteiger partial charge in [0.1, 0.15) is 22.6 Å². The van der Waals surface area contributed by atoms with E-state index in [1.165, 1.54) is 4.68 Å². The Hall–Kier alpha value is -2.59. The van der Waals surface area contributed by atoms with E-state index in [1.54, 1.807) is 12.1 Å². The van der Waals surface area contributed by atoms with E-state index in [-0.39, 0.29) is 12.1 Å². The van der Waals surface area contributed by atoms with Crippen LogP contribution in [0.2, 0.25) is 5.02 Å². The molecule has 2 heterocycles. The van der Waals surface area contributed by atoms with Gasteiger partial charge in [0.05, 0.1) is 0 Å². The molecule has 113 valence electrons. The Labute approximate surface area is 137 Å². The molecule has 0 spiro atoms. The molecule has 2 aliphatic heterocycles. The van der Waals surface area contributed by atoms with Gasteiger partial charge in [0, 0.05) is 22.5 Å². The van der Waals surface area contributed by atoms with Gasteiger partial charge in [-0.1, -0.05) is 23.7 Å². The number of hydrogen-bond donors (Lipinski definition) is 0. The number of aromatic nitrogens is 2. The van der Waals surface area contributed by atoms with Crippen molar-refractivity contribution in [2.24, 2.45) is 0 Å². The molecule has 4 nitrogen and oxygen atoms in total. The SMILES string of the molecule is [CH2]Cn1nc2c3ccccc3oc(-c3ccc(Cl)cc3)c-2c1=O. The van der Waals surface area contributed by atoms with Crippen molar-refractivity contribution in [2.45, 2.75) is 6.54 Å². The van der Waals surface area contributed by atoms with Crippen molar-refractivity contribution in [1.29, 1.82) is 0 Å². The summed E-state index contributed by atoms with van der Waals surface area (Å²) in [5, 5.41) is 5.85. The normalized spacial score (nSPS) is 11.4. The third kappa shape index (κ3) is 2.14. The number of benzene rings is 2. The first-order chi connectivity index (χ1) is 11.2. The van der Waals surface area contributed by atoms with E-state index < -0.39 is 0 Å². The topological polar surface area (TPSA) is 48.0 Å². The molecule has 0 aliphatic carbocycles. The summed E-state index contributed by atoms with van der Waals surface area (Å²) >= 11 is 5.95. The molecule has 0 atom stereocenters. The Morgan fingerprint density at radius 2 is 1.87 bits per heavy atom. The number of hydrogen-bond acceptors (Lipinski definition) is 3. The maximum absolute atomic E-state index is 12.6. The van der Waals surface area contributed by atoms with E-state index in [9.17, 15) is 4.79 Å². The maximum Gasteiger partial charge on any atom is 0.280 e. The lowest BCUT2D eigenvalue weighted by Crippen LogP contribution is -2.15. The molecule has 0 amide bonds. The third-order valence-electron chi connectivity index (χ3n) is 3.81. The summed E-state index contributed by atoms with van der Waals surface area (Å²) in [6.45, 7) is 4.02. The fraction of sp³-hybridized carbons (Fsp3) is 0.0556. The molecule has 2 aromatic carbocycles. The third-order valence-corrected chi connectivity index (χ3v) is 4.06. The minimum Gasteiger partial charge on any atom is -0.455 e. The van der Waals surface area contributed by atoms with Gasteiger partial charge in [0.15, 0.2) is 0 Å². The first-order valence-electron chi connectivity index (χ1n) is 7.16. The summed E-state index contributed by atoms with van der Waals surface area (Å²) in [6.07, 6.45) is 0. The number of rotatable bonds is 2. The molecule has 2 aromatic rings. The summed E-state index contributed by atoms with van der Waals surface area (Å²) in [5.41, 5.74) is 2.36. The zero-order chi connectivity index (χ0) is 16.0. The molecule has 0 aromatic heterocycles. The summed E-state index contributed by atoms with van der Waals surface area (Å²) < 4.78 is 7.38. The van der Waals surface area contributed by atoms with E-state index in [2.05, 4.69) is 12.0 Å². The molecule has 0 saturated heterocycles. The lowest BCUT2D eigenvalue weighted by molar-refractivity contribution is 0.621. The standard InChI is InChI=1S/C18H12ClN2O2/c1-2-21-18(22)15-16(20-21)13-5-3-4-6-14(13)23-17(15)11-7-9-12(19)10-8-11/h3-10H,1-2H2. The average Bonchev–Trinajstić information content (AvgIpc) is 2.92. The molecule has 5 heteroatoms. The second-order valence-electron chi connectivity index (χ2n) is 5.19. The van der Waals surface area contributed by atoms with Crippen molar-refractivity contribution in [3.8, 4) is 22.6 Å². The number of nitrogens with zero attached hydrogens (tertiary/aromatic N) is 2. The molecule has 1 radical (unpaired) electrons. The van der Waals surface area contributed by atoms with Crippen molar-refractivity contribution >= 4 is 22.6 Å². The quantitative estimate of drug-likeness (QED) is 0.554. The summed E-state index contributed by atoms with van der Waals surface area (Å²) in [4.78, 5) is 12.6. The van der Waals surface area contributed by atoms with Crippen LogP contribution in [0.1, 0.15) is 0 Å². The monoisotopic (exact) mass is 323 g/mol. The van der Waals surface area contributed by atoms with Crippen LogP contribution in [0.15, 0.2) is 57.7 Å². The molecule has 23 heavy (non-hydrogen) atoms. The van der Waals surface area contributed by atoms with Gasteiger partial charge in [-0.3, -0.25) is 4.79 Å². The maximum atomic E-state index is 12.6. The molecule has 0 unspecified atom stereocenters. The van der Waals surface area contributed by atoms with E-state index in [0.717, 1.165) is 10.9 Å².